The van der Waals surface area contributed by atoms with E-state index in [1.165, 1.54) is 6.07 Å². The largest absolute Gasteiger partial charge is 0.493 e. The molecule has 0 heterocycles. The summed E-state index contributed by atoms with van der Waals surface area (Å²) in [5.41, 5.74) is 2.02. The van der Waals surface area contributed by atoms with Crippen LogP contribution < -0.4 is 14.8 Å². The van der Waals surface area contributed by atoms with Gasteiger partial charge in [0, 0.05) is 25.2 Å². The predicted octanol–water partition coefficient (Wildman–Crippen LogP) is 2.90. The van der Waals surface area contributed by atoms with Crippen LogP contribution in [0.4, 0.5) is 5.69 Å². The number of hydrogen-bond acceptors (Lipinski definition) is 5. The van der Waals surface area contributed by atoms with E-state index >= 15 is 0 Å². The molecule has 6 heteroatoms. The molecule has 0 atom stereocenters. The summed E-state index contributed by atoms with van der Waals surface area (Å²) in [6.07, 6.45) is 0. The summed E-state index contributed by atoms with van der Waals surface area (Å²) in [4.78, 5) is 10.3. The van der Waals surface area contributed by atoms with Crippen molar-refractivity contribution in [1.82, 2.24) is 5.32 Å². The molecule has 0 fully saturated rings. The van der Waals surface area contributed by atoms with Crippen LogP contribution >= 0.6 is 0 Å². The first kappa shape index (κ1) is 15.8. The van der Waals surface area contributed by atoms with E-state index in [1.54, 1.807) is 26.4 Å². The molecule has 116 valence electrons. The molecule has 0 unspecified atom stereocenters. The van der Waals surface area contributed by atoms with Crippen LogP contribution in [0.5, 0.6) is 11.5 Å². The summed E-state index contributed by atoms with van der Waals surface area (Å²) in [7, 11) is 3.19. The average molecular weight is 302 g/mol. The van der Waals surface area contributed by atoms with E-state index in [-0.39, 0.29) is 5.69 Å². The molecule has 0 spiro atoms. The van der Waals surface area contributed by atoms with Gasteiger partial charge in [-0.3, -0.25) is 10.1 Å². The molecule has 0 saturated heterocycles. The molecule has 1 N–H and O–H groups in total. The van der Waals surface area contributed by atoms with Crippen LogP contribution in [-0.4, -0.2) is 19.1 Å². The van der Waals surface area contributed by atoms with Gasteiger partial charge < -0.3 is 14.8 Å². The highest BCUT2D eigenvalue weighted by molar-refractivity contribution is 5.42. The van der Waals surface area contributed by atoms with Crippen molar-refractivity contribution in [2.24, 2.45) is 0 Å². The summed E-state index contributed by atoms with van der Waals surface area (Å²) < 4.78 is 10.4. The normalized spacial score (nSPS) is 10.3. The predicted molar refractivity (Wildman–Crippen MR) is 83.2 cm³/mol. The molecule has 0 aromatic heterocycles. The van der Waals surface area contributed by atoms with E-state index in [9.17, 15) is 10.1 Å². The third-order valence-electron chi connectivity index (χ3n) is 3.23. The monoisotopic (exact) mass is 302 g/mol. The van der Waals surface area contributed by atoms with Crippen LogP contribution in [0.2, 0.25) is 0 Å². The third kappa shape index (κ3) is 3.95. The fourth-order valence-electron chi connectivity index (χ4n) is 2.12. The van der Waals surface area contributed by atoms with Crippen LogP contribution in [0.3, 0.4) is 0 Å². The average Bonchev–Trinajstić information content (AvgIpc) is 2.55. The van der Waals surface area contributed by atoms with E-state index in [2.05, 4.69) is 5.32 Å². The van der Waals surface area contributed by atoms with Crippen molar-refractivity contribution in [3.05, 3.63) is 63.7 Å². The number of nitro groups is 1. The van der Waals surface area contributed by atoms with Gasteiger partial charge in [-0.05, 0) is 23.3 Å². The third-order valence-corrected chi connectivity index (χ3v) is 3.23. The van der Waals surface area contributed by atoms with E-state index < -0.39 is 4.92 Å². The van der Waals surface area contributed by atoms with Gasteiger partial charge >= 0.3 is 0 Å². The van der Waals surface area contributed by atoms with Crippen molar-refractivity contribution in [2.45, 2.75) is 13.1 Å². The molecule has 2 aromatic carbocycles. The maximum atomic E-state index is 10.7. The second-order valence-electron chi connectivity index (χ2n) is 4.72. The van der Waals surface area contributed by atoms with E-state index in [1.807, 2.05) is 24.3 Å². The van der Waals surface area contributed by atoms with E-state index in [0.29, 0.717) is 24.6 Å². The van der Waals surface area contributed by atoms with Gasteiger partial charge in [-0.1, -0.05) is 18.2 Å². The van der Waals surface area contributed by atoms with Crippen molar-refractivity contribution in [3.63, 3.8) is 0 Å². The lowest BCUT2D eigenvalue weighted by atomic mass is 10.1. The minimum Gasteiger partial charge on any atom is -0.493 e. The zero-order valence-electron chi connectivity index (χ0n) is 12.5. The molecule has 6 nitrogen and oxygen atoms in total. The first-order valence-electron chi connectivity index (χ1n) is 6.79. The van der Waals surface area contributed by atoms with Crippen LogP contribution in [0.15, 0.2) is 42.5 Å². The smallest absolute Gasteiger partial charge is 0.269 e. The van der Waals surface area contributed by atoms with Gasteiger partial charge in [-0.15, -0.1) is 0 Å². The molecule has 0 aliphatic carbocycles. The van der Waals surface area contributed by atoms with Gasteiger partial charge in [-0.2, -0.15) is 0 Å². The minimum atomic E-state index is -0.391. The molecule has 0 aliphatic rings. The number of ether oxygens (including phenoxy) is 2. The number of hydrogen-bond donors (Lipinski definition) is 1. The van der Waals surface area contributed by atoms with Crippen molar-refractivity contribution in [1.29, 1.82) is 0 Å². The van der Waals surface area contributed by atoms with Gasteiger partial charge in [0.2, 0.25) is 0 Å². The fourth-order valence-corrected chi connectivity index (χ4v) is 2.12. The summed E-state index contributed by atoms with van der Waals surface area (Å²) in [5.74, 6) is 1.36. The lowest BCUT2D eigenvalue weighted by molar-refractivity contribution is -0.384. The second-order valence-corrected chi connectivity index (χ2v) is 4.72. The van der Waals surface area contributed by atoms with Gasteiger partial charge in [-0.25, -0.2) is 0 Å². The summed E-state index contributed by atoms with van der Waals surface area (Å²) in [6, 6.07) is 12.3. The molecular weight excluding hydrogens is 284 g/mol. The topological polar surface area (TPSA) is 73.6 Å². The Hall–Kier alpha value is -2.60. The molecule has 22 heavy (non-hydrogen) atoms. The SMILES string of the molecule is COc1ccc(CNCc2cccc([N+](=O)[O-])c2)cc1OC. The summed E-state index contributed by atoms with van der Waals surface area (Å²) in [6.45, 7) is 1.18. The standard InChI is InChI=1S/C16H18N2O4/c1-21-15-7-6-13(9-16(15)22-2)11-17-10-12-4-3-5-14(8-12)18(19)20/h3-9,17H,10-11H2,1-2H3. The zero-order valence-corrected chi connectivity index (χ0v) is 12.5. The van der Waals surface area contributed by atoms with Gasteiger partial charge in [0.25, 0.3) is 5.69 Å². The second kappa shape index (κ2) is 7.42. The Kier molecular flexibility index (Phi) is 5.32. The van der Waals surface area contributed by atoms with Crippen molar-refractivity contribution < 1.29 is 14.4 Å². The molecule has 0 saturated carbocycles. The molecular formula is C16H18N2O4. The Morgan fingerprint density at radius 3 is 2.32 bits per heavy atom. The number of nitrogens with zero attached hydrogens (tertiary/aromatic N) is 1. The molecule has 0 aliphatic heterocycles. The van der Waals surface area contributed by atoms with Crippen molar-refractivity contribution in [3.8, 4) is 11.5 Å². The lowest BCUT2D eigenvalue weighted by Crippen LogP contribution is -2.12. The molecule has 0 radical (unpaired) electrons. The van der Waals surface area contributed by atoms with Crippen LogP contribution in [0.25, 0.3) is 0 Å². The molecule has 2 rings (SSSR count). The Morgan fingerprint density at radius 1 is 1.00 bits per heavy atom. The highest BCUT2D eigenvalue weighted by atomic mass is 16.6. The number of benzene rings is 2. The maximum absolute atomic E-state index is 10.7. The first-order chi connectivity index (χ1) is 10.6. The maximum Gasteiger partial charge on any atom is 0.269 e. The highest BCUT2D eigenvalue weighted by Crippen LogP contribution is 2.27. The number of non-ortho nitro benzene ring substituents is 1. The number of rotatable bonds is 7. The number of methoxy groups -OCH3 is 2. The van der Waals surface area contributed by atoms with Gasteiger partial charge in [0.1, 0.15) is 0 Å². The van der Waals surface area contributed by atoms with Crippen LogP contribution in [0, 0.1) is 10.1 Å². The van der Waals surface area contributed by atoms with Crippen LogP contribution in [-0.2, 0) is 13.1 Å². The molecule has 2 aromatic rings. The summed E-state index contributed by atoms with van der Waals surface area (Å²) in [5, 5.41) is 14.0. The van der Waals surface area contributed by atoms with Gasteiger partial charge in [0.05, 0.1) is 19.1 Å². The highest BCUT2D eigenvalue weighted by Gasteiger charge is 2.06. The quantitative estimate of drug-likeness (QED) is 0.629. The Labute approximate surface area is 128 Å². The number of nitro benzene ring substituents is 1. The lowest BCUT2D eigenvalue weighted by Gasteiger charge is -2.10. The van der Waals surface area contributed by atoms with Gasteiger partial charge in [0.15, 0.2) is 11.5 Å². The van der Waals surface area contributed by atoms with Crippen molar-refractivity contribution in [2.75, 3.05) is 14.2 Å². The molecule has 0 amide bonds. The van der Waals surface area contributed by atoms with Crippen molar-refractivity contribution >= 4 is 5.69 Å². The first-order valence-corrected chi connectivity index (χ1v) is 6.79. The Balaban J connectivity index is 1.96. The zero-order chi connectivity index (χ0) is 15.9. The number of nitrogens with one attached hydrogen (secondary N) is 1. The minimum absolute atomic E-state index is 0.102. The van der Waals surface area contributed by atoms with E-state index in [0.717, 1.165) is 11.1 Å². The fraction of sp³-hybridized carbons (Fsp3) is 0.250. The Bertz CT molecular complexity index is 658. The van der Waals surface area contributed by atoms with E-state index in [4.69, 9.17) is 9.47 Å². The van der Waals surface area contributed by atoms with Crippen LogP contribution in [0.1, 0.15) is 11.1 Å². The summed E-state index contributed by atoms with van der Waals surface area (Å²) >= 11 is 0. The molecule has 0 bridgehead atoms. The Morgan fingerprint density at radius 2 is 1.68 bits per heavy atom.